The van der Waals surface area contributed by atoms with Gasteiger partial charge in [-0.25, -0.2) is 0 Å². The van der Waals surface area contributed by atoms with Crippen LogP contribution < -0.4 is 4.74 Å². The van der Waals surface area contributed by atoms with Gasteiger partial charge in [0.05, 0.1) is 24.1 Å². The maximum absolute atomic E-state index is 10.7. The molecule has 0 aliphatic heterocycles. The number of nitro benzene ring substituents is 1. The Bertz CT molecular complexity index is 481. The van der Waals surface area contributed by atoms with E-state index in [4.69, 9.17) is 10.3 Å². The van der Waals surface area contributed by atoms with Gasteiger partial charge in [0.15, 0.2) is 0 Å². The summed E-state index contributed by atoms with van der Waals surface area (Å²) in [6.07, 6.45) is 0. The molecule has 0 heterocycles. The van der Waals surface area contributed by atoms with E-state index in [0.717, 1.165) is 5.56 Å². The summed E-state index contributed by atoms with van der Waals surface area (Å²) in [5.74, 6) is 0.440. The molecule has 1 rings (SSSR count). The third kappa shape index (κ3) is 3.35. The Kier molecular flexibility index (Phi) is 4.30. The quantitative estimate of drug-likeness (QED) is 0.196. The van der Waals surface area contributed by atoms with Gasteiger partial charge in [-0.05, 0) is 31.0 Å². The molecule has 0 fully saturated rings. The van der Waals surface area contributed by atoms with Gasteiger partial charge in [0.25, 0.3) is 5.69 Å². The van der Waals surface area contributed by atoms with Gasteiger partial charge in [-0.2, -0.15) is 0 Å². The largest absolute Gasteiger partial charge is 0.493 e. The smallest absolute Gasteiger partial charge is 0.276 e. The molecule has 1 aromatic carbocycles. The summed E-state index contributed by atoms with van der Waals surface area (Å²) >= 11 is 0. The molecule has 0 saturated heterocycles. The van der Waals surface area contributed by atoms with Gasteiger partial charge in [0.1, 0.15) is 5.75 Å². The Hall–Kier alpha value is -2.27. The van der Waals surface area contributed by atoms with Crippen LogP contribution in [0.15, 0.2) is 17.2 Å². The van der Waals surface area contributed by atoms with Crippen molar-refractivity contribution in [2.45, 2.75) is 13.8 Å². The molecule has 0 radical (unpaired) electrons. The Morgan fingerprint density at radius 2 is 2.18 bits per heavy atom. The summed E-state index contributed by atoms with van der Waals surface area (Å²) in [6, 6.07) is 3.09. The highest BCUT2D eigenvalue weighted by molar-refractivity contribution is 5.49. The van der Waals surface area contributed by atoms with Gasteiger partial charge in [-0.1, -0.05) is 5.11 Å². The van der Waals surface area contributed by atoms with Gasteiger partial charge >= 0.3 is 0 Å². The minimum absolute atomic E-state index is 0.0226. The molecule has 7 heteroatoms. The minimum Gasteiger partial charge on any atom is -0.493 e. The van der Waals surface area contributed by atoms with Crippen LogP contribution in [0.3, 0.4) is 0 Å². The lowest BCUT2D eigenvalue weighted by atomic mass is 10.1. The number of ether oxygens (including phenoxy) is 1. The van der Waals surface area contributed by atoms with Crippen LogP contribution in [0.25, 0.3) is 10.4 Å². The minimum atomic E-state index is -0.449. The maximum Gasteiger partial charge on any atom is 0.276 e. The number of hydrogen-bond acceptors (Lipinski definition) is 4. The lowest BCUT2D eigenvalue weighted by Gasteiger charge is -2.08. The van der Waals surface area contributed by atoms with Crippen LogP contribution in [-0.2, 0) is 0 Å². The highest BCUT2D eigenvalue weighted by Crippen LogP contribution is 2.27. The number of nitrogens with zero attached hydrogens (tertiary/aromatic N) is 4. The average molecular weight is 236 g/mol. The molecule has 17 heavy (non-hydrogen) atoms. The molecule has 0 saturated carbocycles. The lowest BCUT2D eigenvalue weighted by Crippen LogP contribution is -2.03. The van der Waals surface area contributed by atoms with Gasteiger partial charge in [-0.15, -0.1) is 0 Å². The van der Waals surface area contributed by atoms with Gasteiger partial charge in [0.2, 0.25) is 0 Å². The van der Waals surface area contributed by atoms with Crippen molar-refractivity contribution in [3.05, 3.63) is 43.8 Å². The number of hydrogen-bond donors (Lipinski definition) is 0. The van der Waals surface area contributed by atoms with Crippen molar-refractivity contribution in [1.29, 1.82) is 0 Å². The van der Waals surface area contributed by atoms with Crippen LogP contribution in [-0.4, -0.2) is 18.1 Å². The van der Waals surface area contributed by atoms with Crippen molar-refractivity contribution >= 4 is 5.69 Å². The third-order valence-electron chi connectivity index (χ3n) is 2.20. The molecular formula is C10H12N4O3. The molecule has 0 bridgehead atoms. The average Bonchev–Trinajstić information content (AvgIpc) is 2.26. The van der Waals surface area contributed by atoms with E-state index >= 15 is 0 Å². The summed E-state index contributed by atoms with van der Waals surface area (Å²) in [4.78, 5) is 12.9. The molecule has 0 unspecified atom stereocenters. The Morgan fingerprint density at radius 3 is 2.76 bits per heavy atom. The van der Waals surface area contributed by atoms with Crippen LogP contribution >= 0.6 is 0 Å². The second-order valence-electron chi connectivity index (χ2n) is 3.46. The first-order chi connectivity index (χ1) is 8.06. The molecule has 0 atom stereocenters. The van der Waals surface area contributed by atoms with E-state index in [1.165, 1.54) is 6.07 Å². The Morgan fingerprint density at radius 1 is 1.47 bits per heavy atom. The lowest BCUT2D eigenvalue weighted by molar-refractivity contribution is -0.385. The van der Waals surface area contributed by atoms with E-state index in [0.29, 0.717) is 11.3 Å². The molecule has 0 amide bonds. The number of azide groups is 1. The second-order valence-corrected chi connectivity index (χ2v) is 3.46. The standard InChI is InChI=1S/C10H12N4O3/c1-7-5-8(2)10(6-9(7)14(15)16)17-4-3-12-13-11/h5-6H,3-4H2,1-2H3. The first-order valence-corrected chi connectivity index (χ1v) is 4.95. The predicted molar refractivity (Wildman–Crippen MR) is 62.1 cm³/mol. The number of nitro groups is 1. The zero-order valence-corrected chi connectivity index (χ0v) is 9.58. The van der Waals surface area contributed by atoms with Crippen LogP contribution in [0.4, 0.5) is 5.69 Å². The second kappa shape index (κ2) is 5.72. The topological polar surface area (TPSA) is 101 Å². The molecule has 90 valence electrons. The highest BCUT2D eigenvalue weighted by atomic mass is 16.6. The fraction of sp³-hybridized carbons (Fsp3) is 0.400. The fourth-order valence-corrected chi connectivity index (χ4v) is 1.42. The molecule has 0 aliphatic rings. The summed E-state index contributed by atoms with van der Waals surface area (Å²) in [6.45, 7) is 3.87. The van der Waals surface area contributed by atoms with Crippen LogP contribution in [0.2, 0.25) is 0 Å². The van der Waals surface area contributed by atoms with Gasteiger partial charge in [-0.3, -0.25) is 10.1 Å². The zero-order valence-electron chi connectivity index (χ0n) is 9.58. The molecule has 1 aromatic rings. The van der Waals surface area contributed by atoms with E-state index in [9.17, 15) is 10.1 Å². The third-order valence-corrected chi connectivity index (χ3v) is 2.20. The molecule has 0 spiro atoms. The molecule has 0 N–H and O–H groups in total. The van der Waals surface area contributed by atoms with Crippen molar-refractivity contribution in [2.75, 3.05) is 13.2 Å². The predicted octanol–water partition coefficient (Wildman–Crippen LogP) is 2.90. The van der Waals surface area contributed by atoms with E-state index in [1.807, 2.05) is 0 Å². The SMILES string of the molecule is Cc1cc(C)c([N+](=O)[O-])cc1OCCN=[N+]=[N-]. The van der Waals surface area contributed by atoms with Crippen molar-refractivity contribution < 1.29 is 9.66 Å². The van der Waals surface area contributed by atoms with Crippen LogP contribution in [0, 0.1) is 24.0 Å². The zero-order chi connectivity index (χ0) is 12.8. The van der Waals surface area contributed by atoms with E-state index in [2.05, 4.69) is 10.0 Å². The van der Waals surface area contributed by atoms with Gasteiger partial charge < -0.3 is 4.74 Å². The summed E-state index contributed by atoms with van der Waals surface area (Å²) < 4.78 is 5.32. The first kappa shape index (κ1) is 12.8. The molecule has 0 aliphatic carbocycles. The van der Waals surface area contributed by atoms with E-state index in [1.54, 1.807) is 19.9 Å². The van der Waals surface area contributed by atoms with E-state index in [-0.39, 0.29) is 18.8 Å². The fourth-order valence-electron chi connectivity index (χ4n) is 1.42. The molecule has 7 nitrogen and oxygen atoms in total. The summed E-state index contributed by atoms with van der Waals surface area (Å²) in [5.41, 5.74) is 9.51. The van der Waals surface area contributed by atoms with Crippen molar-refractivity contribution in [1.82, 2.24) is 0 Å². The van der Waals surface area contributed by atoms with E-state index < -0.39 is 4.92 Å². The van der Waals surface area contributed by atoms with Gasteiger partial charge in [0, 0.05) is 10.5 Å². The molecule has 0 aromatic heterocycles. The van der Waals surface area contributed by atoms with Crippen LogP contribution in [0.1, 0.15) is 11.1 Å². The number of rotatable bonds is 5. The number of benzene rings is 1. The maximum atomic E-state index is 10.7. The normalized spacial score (nSPS) is 9.53. The monoisotopic (exact) mass is 236 g/mol. The number of aryl methyl sites for hydroxylation is 2. The Labute approximate surface area is 97.8 Å². The van der Waals surface area contributed by atoms with Crippen LogP contribution in [0.5, 0.6) is 5.75 Å². The first-order valence-electron chi connectivity index (χ1n) is 4.95. The summed E-state index contributed by atoms with van der Waals surface area (Å²) in [5, 5.41) is 14.1. The Balaban J connectivity index is 2.88. The van der Waals surface area contributed by atoms with Crippen molar-refractivity contribution in [3.63, 3.8) is 0 Å². The molecular weight excluding hydrogens is 224 g/mol. The van der Waals surface area contributed by atoms with Crippen molar-refractivity contribution in [3.8, 4) is 5.75 Å². The van der Waals surface area contributed by atoms with Crippen molar-refractivity contribution in [2.24, 2.45) is 5.11 Å². The summed E-state index contributed by atoms with van der Waals surface area (Å²) in [7, 11) is 0. The highest BCUT2D eigenvalue weighted by Gasteiger charge is 2.14.